The van der Waals surface area contributed by atoms with Crippen LogP contribution in [0.4, 0.5) is 0 Å². The molecule has 98 valence electrons. The molecule has 1 aromatic carbocycles. The van der Waals surface area contributed by atoms with E-state index in [2.05, 4.69) is 11.7 Å². The number of rotatable bonds is 8. The minimum absolute atomic E-state index is 0.128. The summed E-state index contributed by atoms with van der Waals surface area (Å²) in [5.41, 5.74) is 0.948. The lowest BCUT2D eigenvalue weighted by atomic mass is 10.1. The molecule has 0 saturated carbocycles. The van der Waals surface area contributed by atoms with Crippen LogP contribution in [0.25, 0.3) is 0 Å². The quantitative estimate of drug-likeness (QED) is 0.435. The van der Waals surface area contributed by atoms with Gasteiger partial charge in [0.05, 0.1) is 0 Å². The van der Waals surface area contributed by atoms with E-state index in [1.807, 2.05) is 30.3 Å². The molecule has 4 heteroatoms. The summed E-state index contributed by atoms with van der Waals surface area (Å²) in [5, 5.41) is 8.68. The monoisotopic (exact) mass is 249 g/mol. The molecule has 0 unspecified atom stereocenters. The van der Waals surface area contributed by atoms with Gasteiger partial charge < -0.3 is 9.84 Å². The molecule has 0 aliphatic carbocycles. The van der Waals surface area contributed by atoms with E-state index in [1.165, 1.54) is 0 Å². The lowest BCUT2D eigenvalue weighted by Gasteiger charge is -2.11. The first kappa shape index (κ1) is 14.4. The number of aliphatic hydroxyl groups excluding tert-OH is 1. The molecule has 0 aliphatic heterocycles. The van der Waals surface area contributed by atoms with Gasteiger partial charge in [0.15, 0.2) is 0 Å². The maximum absolute atomic E-state index is 11.7. The summed E-state index contributed by atoms with van der Waals surface area (Å²) < 4.78 is 5.18. The molecule has 0 bridgehead atoms. The number of carbonyl (C=O) groups excluding carboxylic acids is 1. The van der Waals surface area contributed by atoms with Gasteiger partial charge in [-0.3, -0.25) is 4.99 Å². The normalized spacial score (nSPS) is 11.8. The van der Waals surface area contributed by atoms with Crippen molar-refractivity contribution < 1.29 is 14.6 Å². The Bertz CT molecular complexity index is 365. The lowest BCUT2D eigenvalue weighted by Crippen LogP contribution is -2.21. The van der Waals surface area contributed by atoms with Gasteiger partial charge >= 0.3 is 5.97 Å². The second-order valence-corrected chi connectivity index (χ2v) is 4.01. The van der Waals surface area contributed by atoms with Crippen molar-refractivity contribution in [1.82, 2.24) is 0 Å². The Morgan fingerprint density at radius 1 is 1.33 bits per heavy atom. The van der Waals surface area contributed by atoms with Gasteiger partial charge in [0.1, 0.15) is 12.6 Å². The molecule has 1 N–H and O–H groups in total. The van der Waals surface area contributed by atoms with Crippen molar-refractivity contribution in [2.75, 3.05) is 6.61 Å². The topological polar surface area (TPSA) is 58.9 Å². The van der Waals surface area contributed by atoms with Crippen LogP contribution in [-0.2, 0) is 16.1 Å². The second-order valence-electron chi connectivity index (χ2n) is 4.01. The van der Waals surface area contributed by atoms with Crippen LogP contribution in [0, 0.1) is 0 Å². The molecular formula is C14H19NO3. The number of hydrogen-bond acceptors (Lipinski definition) is 4. The number of benzene rings is 1. The summed E-state index contributed by atoms with van der Waals surface area (Å²) in [6, 6.07) is 8.97. The third-order valence-corrected chi connectivity index (χ3v) is 2.60. The number of unbranched alkanes of at least 4 members (excludes halogenated alkanes) is 1. The smallest absolute Gasteiger partial charge is 0.331 e. The molecule has 1 rings (SSSR count). The first-order chi connectivity index (χ1) is 8.77. The van der Waals surface area contributed by atoms with Crippen LogP contribution in [0.3, 0.4) is 0 Å². The van der Waals surface area contributed by atoms with E-state index >= 15 is 0 Å². The standard InChI is InChI=1S/C14H19NO3/c1-15-13(9-5-6-10-16)14(17)18-11-12-7-3-2-4-8-12/h2-4,7-8,13,16H,1,5-6,9-11H2/t13-/m1/s1. The highest BCUT2D eigenvalue weighted by Crippen LogP contribution is 2.08. The van der Waals surface area contributed by atoms with E-state index in [-0.39, 0.29) is 19.2 Å². The molecule has 0 amide bonds. The van der Waals surface area contributed by atoms with Crippen LogP contribution in [0.5, 0.6) is 0 Å². The predicted molar refractivity (Wildman–Crippen MR) is 70.5 cm³/mol. The van der Waals surface area contributed by atoms with E-state index in [0.29, 0.717) is 12.8 Å². The van der Waals surface area contributed by atoms with Crippen molar-refractivity contribution in [1.29, 1.82) is 0 Å². The van der Waals surface area contributed by atoms with Crippen LogP contribution in [0.2, 0.25) is 0 Å². The summed E-state index contributed by atoms with van der Waals surface area (Å²) in [6.45, 7) is 3.79. The Kier molecular flexibility index (Phi) is 6.72. The first-order valence-electron chi connectivity index (χ1n) is 6.05. The number of carbonyl (C=O) groups is 1. The molecule has 0 radical (unpaired) electrons. The molecule has 0 spiro atoms. The van der Waals surface area contributed by atoms with Gasteiger partial charge in [0.25, 0.3) is 0 Å². The van der Waals surface area contributed by atoms with Crippen molar-refractivity contribution in [3.05, 3.63) is 35.9 Å². The van der Waals surface area contributed by atoms with Gasteiger partial charge in [-0.1, -0.05) is 30.3 Å². The van der Waals surface area contributed by atoms with Crippen LogP contribution in [-0.4, -0.2) is 30.4 Å². The Hall–Kier alpha value is -1.68. The molecule has 0 heterocycles. The van der Waals surface area contributed by atoms with E-state index in [0.717, 1.165) is 12.0 Å². The van der Waals surface area contributed by atoms with Gasteiger partial charge in [0.2, 0.25) is 0 Å². The van der Waals surface area contributed by atoms with Gasteiger partial charge in [-0.25, -0.2) is 4.79 Å². The van der Waals surface area contributed by atoms with Crippen LogP contribution in [0.15, 0.2) is 35.3 Å². The van der Waals surface area contributed by atoms with Gasteiger partial charge in [0, 0.05) is 6.61 Å². The molecule has 0 aromatic heterocycles. The van der Waals surface area contributed by atoms with Crippen LogP contribution in [0.1, 0.15) is 24.8 Å². The van der Waals surface area contributed by atoms with E-state index in [9.17, 15) is 4.79 Å². The first-order valence-corrected chi connectivity index (χ1v) is 6.05. The van der Waals surface area contributed by atoms with Gasteiger partial charge in [-0.05, 0) is 31.5 Å². The lowest BCUT2D eigenvalue weighted by molar-refractivity contribution is -0.146. The van der Waals surface area contributed by atoms with Crippen molar-refractivity contribution in [3.63, 3.8) is 0 Å². The number of esters is 1. The Morgan fingerprint density at radius 3 is 2.67 bits per heavy atom. The summed E-state index contributed by atoms with van der Waals surface area (Å²) in [6.07, 6.45) is 1.97. The number of aliphatic imine (C=N–C) groups is 1. The fourth-order valence-electron chi connectivity index (χ4n) is 1.56. The molecule has 0 aliphatic rings. The van der Waals surface area contributed by atoms with Crippen molar-refractivity contribution in [2.24, 2.45) is 4.99 Å². The average Bonchev–Trinajstić information content (AvgIpc) is 2.42. The zero-order valence-electron chi connectivity index (χ0n) is 10.4. The third-order valence-electron chi connectivity index (χ3n) is 2.60. The molecule has 4 nitrogen and oxygen atoms in total. The molecular weight excluding hydrogens is 230 g/mol. The molecule has 18 heavy (non-hydrogen) atoms. The summed E-state index contributed by atoms with van der Waals surface area (Å²) in [7, 11) is 0. The number of ether oxygens (including phenoxy) is 1. The molecule has 1 atom stereocenters. The molecule has 0 saturated heterocycles. The van der Waals surface area contributed by atoms with Crippen LogP contribution < -0.4 is 0 Å². The Balaban J connectivity index is 2.35. The largest absolute Gasteiger partial charge is 0.459 e. The summed E-state index contributed by atoms with van der Waals surface area (Å²) >= 11 is 0. The van der Waals surface area contributed by atoms with Crippen molar-refractivity contribution in [3.8, 4) is 0 Å². The second kappa shape index (κ2) is 8.42. The van der Waals surface area contributed by atoms with Gasteiger partial charge in [-0.15, -0.1) is 0 Å². The Labute approximate surface area is 107 Å². The van der Waals surface area contributed by atoms with E-state index < -0.39 is 6.04 Å². The zero-order valence-corrected chi connectivity index (χ0v) is 10.4. The minimum atomic E-state index is -0.528. The van der Waals surface area contributed by atoms with E-state index in [4.69, 9.17) is 9.84 Å². The van der Waals surface area contributed by atoms with E-state index in [1.54, 1.807) is 0 Å². The molecule has 0 fully saturated rings. The maximum Gasteiger partial charge on any atom is 0.331 e. The zero-order chi connectivity index (χ0) is 13.2. The van der Waals surface area contributed by atoms with Crippen LogP contribution >= 0.6 is 0 Å². The highest BCUT2D eigenvalue weighted by atomic mass is 16.5. The summed E-state index contributed by atoms with van der Waals surface area (Å²) in [4.78, 5) is 15.5. The fraction of sp³-hybridized carbons (Fsp3) is 0.429. The number of hydrogen-bond donors (Lipinski definition) is 1. The van der Waals surface area contributed by atoms with Crippen molar-refractivity contribution in [2.45, 2.75) is 31.9 Å². The number of nitrogens with zero attached hydrogens (tertiary/aromatic N) is 1. The maximum atomic E-state index is 11.7. The van der Waals surface area contributed by atoms with Gasteiger partial charge in [-0.2, -0.15) is 0 Å². The number of aliphatic hydroxyl groups is 1. The predicted octanol–water partition coefficient (Wildman–Crippen LogP) is 1.96. The summed E-state index contributed by atoms with van der Waals surface area (Å²) in [5.74, 6) is -0.355. The SMILES string of the molecule is C=N[C@H](CCCCO)C(=O)OCc1ccccc1. The molecule has 1 aromatic rings. The third kappa shape index (κ3) is 5.10. The average molecular weight is 249 g/mol. The fourth-order valence-corrected chi connectivity index (χ4v) is 1.56. The minimum Gasteiger partial charge on any atom is -0.459 e. The van der Waals surface area contributed by atoms with Crippen molar-refractivity contribution >= 4 is 12.7 Å². The highest BCUT2D eigenvalue weighted by molar-refractivity contribution is 5.76. The highest BCUT2D eigenvalue weighted by Gasteiger charge is 2.17. The Morgan fingerprint density at radius 2 is 2.06 bits per heavy atom.